The van der Waals surface area contributed by atoms with Gasteiger partial charge in [-0.15, -0.1) is 0 Å². The first-order chi connectivity index (χ1) is 13.7. The van der Waals surface area contributed by atoms with E-state index < -0.39 is 6.09 Å². The molecule has 0 radical (unpaired) electrons. The van der Waals surface area contributed by atoms with Gasteiger partial charge in [-0.05, 0) is 53.9 Å². The van der Waals surface area contributed by atoms with E-state index in [1.807, 2.05) is 59.5 Å². The standard InChI is InChI=1S/C23H20N2O3/c26-22(18-7-3-1-4-8-18)25-14-13-17-11-12-20(15-19(17)16-25)24-23(27)28-21-9-5-2-6-10-21/h1-12,15H,13-14,16H2,(H,24,27). The highest BCUT2D eigenvalue weighted by molar-refractivity contribution is 5.94. The summed E-state index contributed by atoms with van der Waals surface area (Å²) in [5, 5.41) is 2.75. The molecule has 0 bridgehead atoms. The quantitative estimate of drug-likeness (QED) is 0.737. The second kappa shape index (κ2) is 7.96. The number of carbonyl (C=O) groups excluding carboxylic acids is 2. The number of benzene rings is 3. The lowest BCUT2D eigenvalue weighted by atomic mass is 9.98. The van der Waals surface area contributed by atoms with E-state index >= 15 is 0 Å². The highest BCUT2D eigenvalue weighted by Crippen LogP contribution is 2.24. The van der Waals surface area contributed by atoms with E-state index in [-0.39, 0.29) is 5.91 Å². The zero-order valence-electron chi connectivity index (χ0n) is 15.3. The molecule has 28 heavy (non-hydrogen) atoms. The summed E-state index contributed by atoms with van der Waals surface area (Å²) in [4.78, 5) is 26.7. The van der Waals surface area contributed by atoms with Crippen LogP contribution in [0.25, 0.3) is 0 Å². The summed E-state index contributed by atoms with van der Waals surface area (Å²) in [6.45, 7) is 1.20. The first-order valence-corrected chi connectivity index (χ1v) is 9.19. The second-order valence-corrected chi connectivity index (χ2v) is 6.65. The normalized spacial score (nSPS) is 12.8. The van der Waals surface area contributed by atoms with Crippen LogP contribution < -0.4 is 10.1 Å². The molecule has 1 heterocycles. The fraction of sp³-hybridized carbons (Fsp3) is 0.130. The van der Waals surface area contributed by atoms with Crippen molar-refractivity contribution in [2.75, 3.05) is 11.9 Å². The predicted molar refractivity (Wildman–Crippen MR) is 107 cm³/mol. The van der Waals surface area contributed by atoms with Crippen LogP contribution in [0.1, 0.15) is 21.5 Å². The van der Waals surface area contributed by atoms with Crippen molar-refractivity contribution in [2.24, 2.45) is 0 Å². The maximum atomic E-state index is 12.7. The Morgan fingerprint density at radius 1 is 0.857 bits per heavy atom. The fourth-order valence-corrected chi connectivity index (χ4v) is 3.31. The Balaban J connectivity index is 1.45. The average molecular weight is 372 g/mol. The largest absolute Gasteiger partial charge is 0.417 e. The number of fused-ring (bicyclic) bond motifs is 1. The summed E-state index contributed by atoms with van der Waals surface area (Å²) < 4.78 is 5.26. The smallest absolute Gasteiger partial charge is 0.410 e. The van der Waals surface area contributed by atoms with E-state index in [2.05, 4.69) is 5.32 Å². The van der Waals surface area contributed by atoms with Gasteiger partial charge in [0.1, 0.15) is 5.75 Å². The van der Waals surface area contributed by atoms with Crippen molar-refractivity contribution in [3.8, 4) is 5.75 Å². The maximum Gasteiger partial charge on any atom is 0.417 e. The number of hydrogen-bond donors (Lipinski definition) is 1. The first-order valence-electron chi connectivity index (χ1n) is 9.19. The third-order valence-electron chi connectivity index (χ3n) is 4.73. The highest BCUT2D eigenvalue weighted by atomic mass is 16.6. The Morgan fingerprint density at radius 3 is 2.32 bits per heavy atom. The number of nitrogens with one attached hydrogen (secondary N) is 1. The van der Waals surface area contributed by atoms with Crippen LogP contribution in [-0.4, -0.2) is 23.4 Å². The van der Waals surface area contributed by atoms with Gasteiger partial charge in [0, 0.05) is 24.3 Å². The highest BCUT2D eigenvalue weighted by Gasteiger charge is 2.22. The molecule has 140 valence electrons. The second-order valence-electron chi connectivity index (χ2n) is 6.65. The first kappa shape index (κ1) is 17.8. The van der Waals surface area contributed by atoms with Crippen molar-refractivity contribution in [1.29, 1.82) is 0 Å². The van der Waals surface area contributed by atoms with Crippen LogP contribution in [0.3, 0.4) is 0 Å². The third kappa shape index (κ3) is 4.04. The Bertz CT molecular complexity index is 987. The number of nitrogens with zero attached hydrogens (tertiary/aromatic N) is 1. The topological polar surface area (TPSA) is 58.6 Å². The molecule has 1 N–H and O–H groups in total. The van der Waals surface area contributed by atoms with Crippen LogP contribution in [0.4, 0.5) is 10.5 Å². The van der Waals surface area contributed by atoms with E-state index in [1.165, 1.54) is 5.56 Å². The van der Waals surface area contributed by atoms with Crippen molar-refractivity contribution in [3.05, 3.63) is 95.6 Å². The van der Waals surface area contributed by atoms with E-state index in [4.69, 9.17) is 4.74 Å². The van der Waals surface area contributed by atoms with E-state index in [0.717, 1.165) is 12.0 Å². The molecule has 4 rings (SSSR count). The van der Waals surface area contributed by atoms with Crippen LogP contribution in [0.2, 0.25) is 0 Å². The number of carbonyl (C=O) groups is 2. The Hall–Kier alpha value is -3.60. The molecule has 2 amide bonds. The van der Waals surface area contributed by atoms with Gasteiger partial charge >= 0.3 is 6.09 Å². The van der Waals surface area contributed by atoms with Gasteiger partial charge in [-0.25, -0.2) is 4.79 Å². The molecular formula is C23H20N2O3. The molecule has 5 heteroatoms. The minimum atomic E-state index is -0.542. The number of amides is 2. The lowest BCUT2D eigenvalue weighted by Crippen LogP contribution is -2.36. The molecule has 0 atom stereocenters. The minimum Gasteiger partial charge on any atom is -0.410 e. The lowest BCUT2D eigenvalue weighted by Gasteiger charge is -2.29. The summed E-state index contributed by atoms with van der Waals surface area (Å²) >= 11 is 0. The van der Waals surface area contributed by atoms with Gasteiger partial charge in [-0.3, -0.25) is 10.1 Å². The number of ether oxygens (including phenoxy) is 1. The van der Waals surface area contributed by atoms with Gasteiger partial charge in [0.25, 0.3) is 5.91 Å². The van der Waals surface area contributed by atoms with Crippen LogP contribution in [0.15, 0.2) is 78.9 Å². The predicted octanol–water partition coefficient (Wildman–Crippen LogP) is 4.50. The summed E-state index contributed by atoms with van der Waals surface area (Å²) in [7, 11) is 0. The Kier molecular flexibility index (Phi) is 5.06. The van der Waals surface area contributed by atoms with Crippen LogP contribution >= 0.6 is 0 Å². The van der Waals surface area contributed by atoms with Crippen LogP contribution in [0, 0.1) is 0 Å². The Labute approximate surface area is 163 Å². The molecule has 3 aromatic rings. The molecule has 1 aliphatic rings. The van der Waals surface area contributed by atoms with Gasteiger partial charge in [0.05, 0.1) is 0 Å². The molecule has 5 nitrogen and oxygen atoms in total. The van der Waals surface area contributed by atoms with Crippen LogP contribution in [-0.2, 0) is 13.0 Å². The van der Waals surface area contributed by atoms with Gasteiger partial charge in [0.2, 0.25) is 0 Å². The van der Waals surface area contributed by atoms with Gasteiger partial charge in [0.15, 0.2) is 0 Å². The molecule has 1 aliphatic heterocycles. The van der Waals surface area contributed by atoms with Crippen molar-refractivity contribution >= 4 is 17.7 Å². The number of rotatable bonds is 3. The minimum absolute atomic E-state index is 0.0214. The molecule has 0 unspecified atom stereocenters. The maximum absolute atomic E-state index is 12.7. The van der Waals surface area contributed by atoms with Crippen LogP contribution in [0.5, 0.6) is 5.75 Å². The summed E-state index contributed by atoms with van der Waals surface area (Å²) in [6, 6.07) is 24.0. The molecule has 0 aromatic heterocycles. The van der Waals surface area contributed by atoms with E-state index in [0.29, 0.717) is 30.1 Å². The van der Waals surface area contributed by atoms with Gasteiger partial charge in [-0.1, -0.05) is 42.5 Å². The number of anilines is 1. The molecular weight excluding hydrogens is 352 g/mol. The SMILES string of the molecule is O=C(Nc1ccc2c(c1)CN(C(=O)c1ccccc1)CC2)Oc1ccccc1. The zero-order valence-corrected chi connectivity index (χ0v) is 15.3. The van der Waals surface area contributed by atoms with Crippen molar-refractivity contribution in [1.82, 2.24) is 4.90 Å². The van der Waals surface area contributed by atoms with Gasteiger partial charge < -0.3 is 9.64 Å². The number of hydrogen-bond acceptors (Lipinski definition) is 3. The molecule has 0 aliphatic carbocycles. The van der Waals surface area contributed by atoms with Crippen molar-refractivity contribution in [3.63, 3.8) is 0 Å². The van der Waals surface area contributed by atoms with Gasteiger partial charge in [-0.2, -0.15) is 0 Å². The molecule has 0 fully saturated rings. The summed E-state index contributed by atoms with van der Waals surface area (Å²) in [6.07, 6.45) is 0.252. The molecule has 0 saturated heterocycles. The molecule has 0 saturated carbocycles. The summed E-state index contributed by atoms with van der Waals surface area (Å²) in [5.74, 6) is 0.505. The average Bonchev–Trinajstić information content (AvgIpc) is 2.74. The van der Waals surface area contributed by atoms with E-state index in [9.17, 15) is 9.59 Å². The molecule has 0 spiro atoms. The number of para-hydroxylation sites is 1. The van der Waals surface area contributed by atoms with Crippen molar-refractivity contribution in [2.45, 2.75) is 13.0 Å². The zero-order chi connectivity index (χ0) is 19.3. The lowest BCUT2D eigenvalue weighted by molar-refractivity contribution is 0.0734. The third-order valence-corrected chi connectivity index (χ3v) is 4.73. The van der Waals surface area contributed by atoms with E-state index in [1.54, 1.807) is 24.3 Å². The Morgan fingerprint density at radius 2 is 1.57 bits per heavy atom. The van der Waals surface area contributed by atoms with Crippen molar-refractivity contribution < 1.29 is 14.3 Å². The molecule has 3 aromatic carbocycles. The summed E-state index contributed by atoms with van der Waals surface area (Å²) in [5.41, 5.74) is 3.56. The monoisotopic (exact) mass is 372 g/mol. The fourth-order valence-electron chi connectivity index (χ4n) is 3.31.